The zero-order valence-corrected chi connectivity index (χ0v) is 23.5. The van der Waals surface area contributed by atoms with Crippen LogP contribution in [0, 0.1) is 0 Å². The van der Waals surface area contributed by atoms with Crippen LogP contribution in [0.5, 0.6) is 11.5 Å². The van der Waals surface area contributed by atoms with Crippen molar-refractivity contribution < 1.29 is 19.1 Å². The maximum absolute atomic E-state index is 13.8. The van der Waals surface area contributed by atoms with Gasteiger partial charge in [-0.1, -0.05) is 25.4 Å². The van der Waals surface area contributed by atoms with Gasteiger partial charge in [0, 0.05) is 49.9 Å². The number of carbonyl (C=O) groups is 2. The van der Waals surface area contributed by atoms with E-state index in [-0.39, 0.29) is 17.7 Å². The second-order valence-corrected chi connectivity index (χ2v) is 9.78. The van der Waals surface area contributed by atoms with Crippen molar-refractivity contribution in [2.24, 2.45) is 0 Å². The first-order valence-electron chi connectivity index (χ1n) is 13.2. The van der Waals surface area contributed by atoms with Gasteiger partial charge in [0.2, 0.25) is 5.91 Å². The maximum atomic E-state index is 13.8. The van der Waals surface area contributed by atoms with Crippen LogP contribution in [0.25, 0.3) is 0 Å². The van der Waals surface area contributed by atoms with Crippen LogP contribution in [0.2, 0.25) is 5.02 Å². The summed E-state index contributed by atoms with van der Waals surface area (Å²) in [5, 5.41) is 0.596. The van der Waals surface area contributed by atoms with E-state index in [1.165, 1.54) is 0 Å². The molecule has 1 heterocycles. The number of carbonyl (C=O) groups excluding carboxylic acids is 2. The largest absolute Gasteiger partial charge is 0.496 e. The number of halogens is 1. The molecule has 0 saturated heterocycles. The number of nitrogens with zero attached hydrogens (tertiary/aromatic N) is 3. The smallest absolute Gasteiger partial charge is 0.262 e. The molecule has 3 rings (SSSR count). The van der Waals surface area contributed by atoms with Gasteiger partial charge in [-0.3, -0.25) is 9.59 Å². The second-order valence-electron chi connectivity index (χ2n) is 9.34. The average Bonchev–Trinajstić information content (AvgIpc) is 3.07. The first-order chi connectivity index (χ1) is 17.8. The Morgan fingerprint density at radius 2 is 1.84 bits per heavy atom. The summed E-state index contributed by atoms with van der Waals surface area (Å²) in [5.74, 6) is 1.07. The van der Waals surface area contributed by atoms with E-state index in [0.29, 0.717) is 48.2 Å². The van der Waals surface area contributed by atoms with Crippen LogP contribution in [-0.2, 0) is 4.79 Å². The molecule has 0 spiro atoms. The van der Waals surface area contributed by atoms with Crippen LogP contribution in [0.4, 0.5) is 5.69 Å². The molecular formula is C29H40ClN3O4. The minimum absolute atomic E-state index is 0.0165. The number of hydrogen-bond donors (Lipinski definition) is 0. The summed E-state index contributed by atoms with van der Waals surface area (Å²) in [4.78, 5) is 32.9. The van der Waals surface area contributed by atoms with Gasteiger partial charge < -0.3 is 24.2 Å². The van der Waals surface area contributed by atoms with Gasteiger partial charge in [0.05, 0.1) is 19.3 Å². The van der Waals surface area contributed by atoms with E-state index in [4.69, 9.17) is 21.1 Å². The summed E-state index contributed by atoms with van der Waals surface area (Å²) in [5.41, 5.74) is 2.21. The summed E-state index contributed by atoms with van der Waals surface area (Å²) >= 11 is 6.41. The molecule has 0 N–H and O–H groups in total. The van der Waals surface area contributed by atoms with Gasteiger partial charge in [-0.25, -0.2) is 0 Å². The first-order valence-corrected chi connectivity index (χ1v) is 13.6. The van der Waals surface area contributed by atoms with Gasteiger partial charge in [-0.2, -0.15) is 0 Å². The van der Waals surface area contributed by atoms with Gasteiger partial charge >= 0.3 is 0 Å². The standard InChI is InChI=1S/C29H40ClN3O4/c1-6-32(7-2)17-16-31(4)28(34)18-21-10-9-15-33(26-14-11-22(30)19-25(21)26)29(35)24-13-12-23(37-8-3)20-27(24)36-5/h11-14,19-21H,6-10,15-18H2,1-5H3. The average molecular weight is 530 g/mol. The highest BCUT2D eigenvalue weighted by Gasteiger charge is 2.30. The molecule has 2 aromatic rings. The molecule has 0 aromatic heterocycles. The molecule has 0 aliphatic carbocycles. The fourth-order valence-electron chi connectivity index (χ4n) is 4.87. The number of ether oxygens (including phenoxy) is 2. The Morgan fingerprint density at radius 3 is 2.51 bits per heavy atom. The molecule has 7 nitrogen and oxygen atoms in total. The summed E-state index contributed by atoms with van der Waals surface area (Å²) in [6, 6.07) is 10.9. The second kappa shape index (κ2) is 13.7. The Bertz CT molecular complexity index is 1070. The molecule has 202 valence electrons. The summed E-state index contributed by atoms with van der Waals surface area (Å²) in [6.07, 6.45) is 1.96. The summed E-state index contributed by atoms with van der Waals surface area (Å²) < 4.78 is 11.1. The van der Waals surface area contributed by atoms with Crippen molar-refractivity contribution >= 4 is 29.1 Å². The van der Waals surface area contributed by atoms with Gasteiger partial charge in [-0.05, 0) is 74.7 Å². The number of hydrogen-bond acceptors (Lipinski definition) is 5. The molecule has 1 aliphatic rings. The molecule has 37 heavy (non-hydrogen) atoms. The van der Waals surface area contributed by atoms with Crippen molar-refractivity contribution in [1.29, 1.82) is 0 Å². The lowest BCUT2D eigenvalue weighted by molar-refractivity contribution is -0.130. The van der Waals surface area contributed by atoms with E-state index in [1.807, 2.05) is 31.0 Å². The van der Waals surface area contributed by atoms with E-state index < -0.39 is 0 Å². The highest BCUT2D eigenvalue weighted by molar-refractivity contribution is 6.30. The van der Waals surface area contributed by atoms with E-state index >= 15 is 0 Å². The third kappa shape index (κ3) is 7.17. The van der Waals surface area contributed by atoms with Crippen molar-refractivity contribution in [2.45, 2.75) is 46.0 Å². The molecule has 2 aromatic carbocycles. The highest BCUT2D eigenvalue weighted by Crippen LogP contribution is 2.39. The van der Waals surface area contributed by atoms with E-state index in [9.17, 15) is 9.59 Å². The van der Waals surface area contributed by atoms with Crippen molar-refractivity contribution in [3.05, 3.63) is 52.5 Å². The van der Waals surface area contributed by atoms with Crippen molar-refractivity contribution in [3.8, 4) is 11.5 Å². The van der Waals surface area contributed by atoms with Gasteiger partial charge in [-0.15, -0.1) is 0 Å². The van der Waals surface area contributed by atoms with Crippen molar-refractivity contribution in [2.75, 3.05) is 58.4 Å². The summed E-state index contributed by atoms with van der Waals surface area (Å²) in [6.45, 7) is 10.7. The van der Waals surface area contributed by atoms with Crippen molar-refractivity contribution in [1.82, 2.24) is 9.80 Å². The van der Waals surface area contributed by atoms with Crippen LogP contribution in [0.3, 0.4) is 0 Å². The van der Waals surface area contributed by atoms with Gasteiger partial charge in [0.15, 0.2) is 0 Å². The monoisotopic (exact) mass is 529 g/mol. The number of likely N-dealkylation sites (N-methyl/N-ethyl adjacent to an activating group) is 2. The Hall–Kier alpha value is -2.77. The quantitative estimate of drug-likeness (QED) is 0.386. The number of benzene rings is 2. The number of amides is 2. The minimum Gasteiger partial charge on any atom is -0.496 e. The SMILES string of the molecule is CCOc1ccc(C(=O)N2CCCC(CC(=O)N(C)CCN(CC)CC)c3cc(Cl)ccc32)c(OC)c1. The molecule has 2 amide bonds. The number of anilines is 1. The van der Waals surface area contributed by atoms with Crippen LogP contribution in [-0.4, -0.2) is 75.1 Å². The number of rotatable bonds is 11. The molecular weight excluding hydrogens is 490 g/mol. The molecule has 0 fully saturated rings. The third-order valence-corrected chi connectivity index (χ3v) is 7.34. The lowest BCUT2D eigenvalue weighted by Gasteiger charge is -2.27. The van der Waals surface area contributed by atoms with Gasteiger partial charge in [0.1, 0.15) is 11.5 Å². The van der Waals surface area contributed by atoms with Gasteiger partial charge in [0.25, 0.3) is 5.91 Å². The highest BCUT2D eigenvalue weighted by atomic mass is 35.5. The predicted octanol–water partition coefficient (Wildman–Crippen LogP) is 5.46. The Labute approximate surface area is 226 Å². The fourth-order valence-corrected chi connectivity index (χ4v) is 5.05. The molecule has 0 saturated carbocycles. The lowest BCUT2D eigenvalue weighted by Crippen LogP contribution is -2.36. The molecule has 1 atom stereocenters. The maximum Gasteiger partial charge on any atom is 0.262 e. The third-order valence-electron chi connectivity index (χ3n) is 7.11. The van der Waals surface area contributed by atoms with Crippen LogP contribution >= 0.6 is 11.6 Å². The molecule has 0 radical (unpaired) electrons. The Morgan fingerprint density at radius 1 is 1.08 bits per heavy atom. The zero-order chi connectivity index (χ0) is 26.9. The Kier molecular flexibility index (Phi) is 10.6. The normalized spacial score (nSPS) is 15.2. The van der Waals surface area contributed by atoms with E-state index in [0.717, 1.165) is 43.7 Å². The molecule has 1 unspecified atom stereocenters. The topological polar surface area (TPSA) is 62.3 Å². The predicted molar refractivity (Wildman–Crippen MR) is 149 cm³/mol. The molecule has 8 heteroatoms. The first kappa shape index (κ1) is 28.8. The summed E-state index contributed by atoms with van der Waals surface area (Å²) in [7, 11) is 3.42. The number of methoxy groups -OCH3 is 1. The van der Waals surface area contributed by atoms with Crippen LogP contribution in [0.1, 0.15) is 61.9 Å². The van der Waals surface area contributed by atoms with Crippen LogP contribution in [0.15, 0.2) is 36.4 Å². The van der Waals surface area contributed by atoms with Crippen LogP contribution < -0.4 is 14.4 Å². The van der Waals surface area contributed by atoms with E-state index in [1.54, 1.807) is 36.3 Å². The Balaban J connectivity index is 1.85. The zero-order valence-electron chi connectivity index (χ0n) is 22.8. The minimum atomic E-state index is -0.146. The molecule has 0 bridgehead atoms. The molecule has 1 aliphatic heterocycles. The van der Waals surface area contributed by atoms with Crippen molar-refractivity contribution in [3.63, 3.8) is 0 Å². The fraction of sp³-hybridized carbons (Fsp3) is 0.517. The van der Waals surface area contributed by atoms with E-state index in [2.05, 4.69) is 18.7 Å². The number of fused-ring (bicyclic) bond motifs is 1. The lowest BCUT2D eigenvalue weighted by atomic mass is 9.90.